The summed E-state index contributed by atoms with van der Waals surface area (Å²) in [6.45, 7) is 10.9. The number of Topliss-reactive ketones (excluding diaryl/α,β-unsaturated/α-hetero) is 1. The van der Waals surface area contributed by atoms with E-state index in [4.69, 9.17) is 4.18 Å². The van der Waals surface area contributed by atoms with Crippen molar-refractivity contribution < 1.29 is 22.2 Å². The van der Waals surface area contributed by atoms with Gasteiger partial charge in [0.1, 0.15) is 14.8 Å². The average Bonchev–Trinajstić information content (AvgIpc) is 2.75. The zero-order chi connectivity index (χ0) is 25.5. The van der Waals surface area contributed by atoms with Crippen molar-refractivity contribution in [2.24, 2.45) is 5.92 Å². The number of ketones is 1. The van der Waals surface area contributed by atoms with Gasteiger partial charge in [-0.25, -0.2) is 0 Å². The lowest BCUT2D eigenvalue weighted by molar-refractivity contribution is -0.123. The van der Waals surface area contributed by atoms with Crippen LogP contribution in [0.5, 0.6) is 0 Å². The Morgan fingerprint density at radius 3 is 2.26 bits per heavy atom. The summed E-state index contributed by atoms with van der Waals surface area (Å²) < 4.78 is 32.8. The number of pyridine rings is 1. The van der Waals surface area contributed by atoms with E-state index in [1.807, 2.05) is 70.7 Å². The third kappa shape index (κ3) is 8.43. The van der Waals surface area contributed by atoms with Crippen LogP contribution in [0.25, 0.3) is 0 Å². The van der Waals surface area contributed by atoms with Crippen LogP contribution < -0.4 is 5.32 Å². The Balaban J connectivity index is 2.13. The summed E-state index contributed by atoms with van der Waals surface area (Å²) in [5.41, 5.74) is 1.93. The Morgan fingerprint density at radius 1 is 1.09 bits per heavy atom. The van der Waals surface area contributed by atoms with E-state index in [0.717, 1.165) is 11.3 Å². The van der Waals surface area contributed by atoms with E-state index in [1.54, 1.807) is 12.1 Å². The lowest BCUT2D eigenvalue weighted by Gasteiger charge is -2.32. The van der Waals surface area contributed by atoms with E-state index in [9.17, 15) is 18.0 Å². The minimum atomic E-state index is -4.17. The largest absolute Gasteiger partial charge is 0.342 e. The standard InChI is InChI=1S/C24H35N3O5SSi/c1-18(2)14-22(26-24(29)21-13-12-19(3)25-15-21)23(28)17-32-33(30,31)27(34(4,5)6)16-20-10-8-7-9-11-20/h7-13,15,18,22H,14,16-17H2,1-6H3,(H,26,29)/t22-/m0/s1. The van der Waals surface area contributed by atoms with Gasteiger partial charge in [-0.2, -0.15) is 12.4 Å². The summed E-state index contributed by atoms with van der Waals surface area (Å²) in [4.78, 5) is 29.7. The zero-order valence-corrected chi connectivity index (χ0v) is 22.6. The van der Waals surface area contributed by atoms with Crippen LogP contribution in [-0.2, 0) is 25.8 Å². The number of hydrogen-bond donors (Lipinski definition) is 1. The van der Waals surface area contributed by atoms with Crippen molar-refractivity contribution in [2.45, 2.75) is 59.4 Å². The van der Waals surface area contributed by atoms with Gasteiger partial charge in [0, 0.05) is 18.4 Å². The van der Waals surface area contributed by atoms with Crippen LogP contribution in [-0.4, -0.2) is 49.9 Å². The fourth-order valence-electron chi connectivity index (χ4n) is 3.28. The van der Waals surface area contributed by atoms with Crippen molar-refractivity contribution in [3.8, 4) is 0 Å². The molecule has 8 nitrogen and oxygen atoms in total. The lowest BCUT2D eigenvalue weighted by Crippen LogP contribution is -2.50. The van der Waals surface area contributed by atoms with Gasteiger partial charge in [-0.05, 0) is 37.0 Å². The Bertz CT molecular complexity index is 1070. The number of aryl methyl sites for hydroxylation is 1. The summed E-state index contributed by atoms with van der Waals surface area (Å²) in [5.74, 6) is -0.846. The van der Waals surface area contributed by atoms with Crippen LogP contribution in [0.3, 0.4) is 0 Å². The van der Waals surface area contributed by atoms with Crippen LogP contribution in [0.1, 0.15) is 41.9 Å². The molecular weight excluding hydrogens is 470 g/mol. The van der Waals surface area contributed by atoms with E-state index in [-0.39, 0.29) is 12.5 Å². The van der Waals surface area contributed by atoms with Gasteiger partial charge in [0.25, 0.3) is 5.91 Å². The van der Waals surface area contributed by atoms with Gasteiger partial charge in [0.2, 0.25) is 0 Å². The maximum absolute atomic E-state index is 13.1. The van der Waals surface area contributed by atoms with Crippen LogP contribution in [0.2, 0.25) is 19.6 Å². The molecule has 2 rings (SSSR count). The van der Waals surface area contributed by atoms with Gasteiger partial charge in [-0.15, -0.1) is 0 Å². The third-order valence-corrected chi connectivity index (χ3v) is 10.2. The first-order chi connectivity index (χ1) is 15.8. The molecule has 186 valence electrons. The molecule has 34 heavy (non-hydrogen) atoms. The summed E-state index contributed by atoms with van der Waals surface area (Å²) in [5, 5.41) is 2.71. The van der Waals surface area contributed by atoms with E-state index >= 15 is 0 Å². The molecule has 0 unspecified atom stereocenters. The van der Waals surface area contributed by atoms with Gasteiger partial charge < -0.3 is 5.32 Å². The Hall–Kier alpha value is -2.40. The monoisotopic (exact) mass is 505 g/mol. The molecule has 1 aromatic carbocycles. The molecule has 0 radical (unpaired) electrons. The van der Waals surface area contributed by atoms with Crippen molar-refractivity contribution in [3.05, 3.63) is 65.5 Å². The van der Waals surface area contributed by atoms with Gasteiger partial charge in [-0.3, -0.25) is 18.8 Å². The highest BCUT2D eigenvalue weighted by Crippen LogP contribution is 2.20. The first-order valence-corrected chi connectivity index (χ1v) is 16.1. The molecule has 1 atom stereocenters. The summed E-state index contributed by atoms with van der Waals surface area (Å²) in [6, 6.07) is 11.7. The van der Waals surface area contributed by atoms with E-state index in [1.165, 1.54) is 10.2 Å². The number of hydrogen-bond acceptors (Lipinski definition) is 6. The summed E-state index contributed by atoms with van der Waals surface area (Å²) in [7, 11) is -6.54. The number of nitrogens with zero attached hydrogens (tertiary/aromatic N) is 2. The normalized spacial score (nSPS) is 13.2. The minimum Gasteiger partial charge on any atom is -0.342 e. The first kappa shape index (κ1) is 27.8. The summed E-state index contributed by atoms with van der Waals surface area (Å²) >= 11 is 0. The van der Waals surface area contributed by atoms with Gasteiger partial charge >= 0.3 is 10.3 Å². The molecule has 0 fully saturated rings. The molecule has 0 aliphatic heterocycles. The second-order valence-electron chi connectivity index (χ2n) is 9.69. The quantitative estimate of drug-likeness (QED) is 0.441. The Morgan fingerprint density at radius 2 is 1.74 bits per heavy atom. The van der Waals surface area contributed by atoms with E-state index < -0.39 is 42.9 Å². The topological polar surface area (TPSA) is 106 Å². The van der Waals surface area contributed by atoms with Crippen LogP contribution in [0.4, 0.5) is 0 Å². The van der Waals surface area contributed by atoms with E-state index in [0.29, 0.717) is 12.0 Å². The number of carbonyl (C=O) groups is 2. The maximum Gasteiger partial charge on any atom is 0.333 e. The van der Waals surface area contributed by atoms with Crippen LogP contribution in [0, 0.1) is 12.8 Å². The zero-order valence-electron chi connectivity index (χ0n) is 20.7. The molecular formula is C24H35N3O5SSi. The molecule has 1 amide bonds. The number of amides is 1. The molecule has 0 spiro atoms. The number of carbonyl (C=O) groups excluding carboxylic acids is 2. The number of nitrogens with one attached hydrogen (secondary N) is 1. The van der Waals surface area contributed by atoms with Crippen LogP contribution >= 0.6 is 0 Å². The van der Waals surface area contributed by atoms with Crippen molar-refractivity contribution in [1.82, 2.24) is 14.3 Å². The van der Waals surface area contributed by atoms with Gasteiger partial charge in [0.15, 0.2) is 5.78 Å². The molecule has 0 bridgehead atoms. The average molecular weight is 506 g/mol. The third-order valence-electron chi connectivity index (χ3n) is 5.11. The fraction of sp³-hybridized carbons (Fsp3) is 0.458. The number of rotatable bonds is 12. The highest BCUT2D eigenvalue weighted by atomic mass is 32.2. The number of benzene rings is 1. The SMILES string of the molecule is Cc1ccc(C(=O)N[C@@H](CC(C)C)C(=O)COS(=O)(=O)N(Cc2ccccc2)[Si](C)(C)C)cn1. The van der Waals surface area contributed by atoms with Crippen LogP contribution in [0.15, 0.2) is 48.7 Å². The maximum atomic E-state index is 13.1. The molecule has 0 saturated carbocycles. The van der Waals surface area contributed by atoms with Crippen molar-refractivity contribution in [1.29, 1.82) is 0 Å². The highest BCUT2D eigenvalue weighted by Gasteiger charge is 2.36. The first-order valence-electron chi connectivity index (χ1n) is 11.3. The predicted molar refractivity (Wildman–Crippen MR) is 135 cm³/mol. The molecule has 10 heteroatoms. The molecule has 0 aliphatic carbocycles. The van der Waals surface area contributed by atoms with Crippen molar-refractivity contribution >= 4 is 30.2 Å². The molecule has 0 saturated heterocycles. The van der Waals surface area contributed by atoms with Gasteiger partial charge in [0.05, 0.1) is 11.6 Å². The molecule has 2 aromatic rings. The second-order valence-corrected chi connectivity index (χ2v) is 16.4. The highest BCUT2D eigenvalue weighted by molar-refractivity contribution is 7.85. The van der Waals surface area contributed by atoms with Gasteiger partial charge in [-0.1, -0.05) is 63.8 Å². The van der Waals surface area contributed by atoms with E-state index in [2.05, 4.69) is 10.3 Å². The molecule has 1 heterocycles. The van der Waals surface area contributed by atoms with Crippen molar-refractivity contribution in [3.63, 3.8) is 0 Å². The fourth-order valence-corrected chi connectivity index (χ4v) is 7.48. The lowest BCUT2D eigenvalue weighted by atomic mass is 10.00. The smallest absolute Gasteiger partial charge is 0.333 e. The minimum absolute atomic E-state index is 0.0959. The molecule has 0 aliphatic rings. The Kier molecular flexibility index (Phi) is 9.69. The molecule has 1 N–H and O–H groups in total. The predicted octanol–water partition coefficient (Wildman–Crippen LogP) is 3.70. The van der Waals surface area contributed by atoms with Crippen molar-refractivity contribution in [2.75, 3.05) is 6.61 Å². The summed E-state index contributed by atoms with van der Waals surface area (Å²) in [6.07, 6.45) is 1.80. The molecule has 1 aromatic heterocycles. The second kappa shape index (κ2) is 11.8. The Labute approximate surface area is 204 Å². The number of aromatic nitrogens is 1.